The molecule has 0 fully saturated rings. The summed E-state index contributed by atoms with van der Waals surface area (Å²) in [5.41, 5.74) is 0.216. The first-order valence-electron chi connectivity index (χ1n) is 7.74. The number of aryl methyl sites for hydroxylation is 1. The molecular weight excluding hydrogens is 340 g/mol. The van der Waals surface area contributed by atoms with Crippen LogP contribution >= 0.6 is 0 Å². The predicted molar refractivity (Wildman–Crippen MR) is 93.4 cm³/mol. The van der Waals surface area contributed by atoms with E-state index in [9.17, 15) is 18.8 Å². The van der Waals surface area contributed by atoms with Gasteiger partial charge in [0.05, 0.1) is 18.2 Å². The zero-order valence-corrected chi connectivity index (χ0v) is 14.3. The van der Waals surface area contributed by atoms with Gasteiger partial charge in [-0.25, -0.2) is 13.6 Å². The van der Waals surface area contributed by atoms with E-state index in [1.165, 1.54) is 31.4 Å². The van der Waals surface area contributed by atoms with Crippen LogP contribution in [0.3, 0.4) is 0 Å². The Balaban J connectivity index is 2.38. The van der Waals surface area contributed by atoms with Gasteiger partial charge in [-0.15, -0.1) is 0 Å². The average Bonchev–Trinajstić information content (AvgIpc) is 2.59. The van der Waals surface area contributed by atoms with Gasteiger partial charge in [0.1, 0.15) is 11.8 Å². The number of benzene rings is 2. The SMILES string of the molecule is COc1ccc(C=C(C#N)C(F)(F)Cc2ccccc2C(=O)O)cc1C. The van der Waals surface area contributed by atoms with Crippen molar-refractivity contribution in [3.8, 4) is 11.8 Å². The molecule has 6 heteroatoms. The molecule has 2 aromatic rings. The molecule has 134 valence electrons. The molecule has 0 aromatic heterocycles. The van der Waals surface area contributed by atoms with E-state index in [1.54, 1.807) is 31.2 Å². The third-order valence-electron chi connectivity index (χ3n) is 3.90. The standard InChI is InChI=1S/C20H17F2NO3/c1-13-9-14(7-8-18(13)26-2)10-16(12-23)20(21,22)11-15-5-3-4-6-17(15)19(24)25/h3-10H,11H2,1-2H3,(H,24,25). The molecule has 26 heavy (non-hydrogen) atoms. The molecule has 2 rings (SSSR count). The Hall–Kier alpha value is -3.20. The molecule has 0 bridgehead atoms. The maximum Gasteiger partial charge on any atom is 0.335 e. The van der Waals surface area contributed by atoms with Gasteiger partial charge in [0.25, 0.3) is 5.92 Å². The van der Waals surface area contributed by atoms with E-state index in [0.29, 0.717) is 11.3 Å². The highest BCUT2D eigenvalue weighted by Crippen LogP contribution is 2.31. The Labute approximate surface area is 150 Å². The topological polar surface area (TPSA) is 70.3 Å². The number of methoxy groups -OCH3 is 1. The lowest BCUT2D eigenvalue weighted by Crippen LogP contribution is -2.23. The van der Waals surface area contributed by atoms with E-state index in [1.807, 2.05) is 0 Å². The summed E-state index contributed by atoms with van der Waals surface area (Å²) in [5, 5.41) is 18.3. The van der Waals surface area contributed by atoms with Gasteiger partial charge in [-0.05, 0) is 47.9 Å². The van der Waals surface area contributed by atoms with Crippen molar-refractivity contribution in [3.63, 3.8) is 0 Å². The summed E-state index contributed by atoms with van der Waals surface area (Å²) < 4.78 is 34.4. The Morgan fingerprint density at radius 3 is 2.58 bits per heavy atom. The summed E-state index contributed by atoms with van der Waals surface area (Å²) in [5.74, 6) is -4.18. The van der Waals surface area contributed by atoms with Crippen LogP contribution < -0.4 is 4.74 Å². The Morgan fingerprint density at radius 1 is 1.31 bits per heavy atom. The van der Waals surface area contributed by atoms with Crippen molar-refractivity contribution < 1.29 is 23.4 Å². The van der Waals surface area contributed by atoms with Crippen molar-refractivity contribution in [2.45, 2.75) is 19.3 Å². The van der Waals surface area contributed by atoms with Crippen LogP contribution in [0.25, 0.3) is 6.08 Å². The van der Waals surface area contributed by atoms with Crippen LogP contribution in [-0.2, 0) is 6.42 Å². The highest BCUT2D eigenvalue weighted by Gasteiger charge is 2.36. The van der Waals surface area contributed by atoms with Crippen molar-refractivity contribution in [2.24, 2.45) is 0 Å². The summed E-state index contributed by atoms with van der Waals surface area (Å²) in [6.07, 6.45) is 0.236. The molecule has 0 amide bonds. The molecule has 0 aliphatic rings. The number of hydrogen-bond acceptors (Lipinski definition) is 3. The van der Waals surface area contributed by atoms with Gasteiger partial charge < -0.3 is 9.84 Å². The number of carbonyl (C=O) groups is 1. The van der Waals surface area contributed by atoms with Gasteiger partial charge in [-0.2, -0.15) is 5.26 Å². The third kappa shape index (κ3) is 4.25. The number of ether oxygens (including phenoxy) is 1. The average molecular weight is 357 g/mol. The van der Waals surface area contributed by atoms with E-state index in [4.69, 9.17) is 9.84 Å². The summed E-state index contributed by atoms with van der Waals surface area (Å²) in [6, 6.07) is 11.9. The molecule has 0 atom stereocenters. The van der Waals surface area contributed by atoms with Crippen molar-refractivity contribution in [2.75, 3.05) is 7.11 Å². The van der Waals surface area contributed by atoms with Crippen LogP contribution in [0.1, 0.15) is 27.0 Å². The minimum atomic E-state index is -3.51. The third-order valence-corrected chi connectivity index (χ3v) is 3.90. The van der Waals surface area contributed by atoms with Gasteiger partial charge >= 0.3 is 5.97 Å². The number of hydrogen-bond donors (Lipinski definition) is 1. The lowest BCUT2D eigenvalue weighted by molar-refractivity contribution is 0.0475. The fourth-order valence-electron chi connectivity index (χ4n) is 2.60. The molecule has 0 aliphatic carbocycles. The van der Waals surface area contributed by atoms with Gasteiger partial charge in [0.15, 0.2) is 0 Å². The first kappa shape index (κ1) is 19.1. The molecule has 0 saturated carbocycles. The maximum absolute atomic E-state index is 14.6. The van der Waals surface area contributed by atoms with Crippen molar-refractivity contribution >= 4 is 12.0 Å². The maximum atomic E-state index is 14.6. The minimum Gasteiger partial charge on any atom is -0.496 e. The number of nitrogens with zero attached hydrogens (tertiary/aromatic N) is 1. The number of alkyl halides is 2. The first-order chi connectivity index (χ1) is 12.3. The van der Waals surface area contributed by atoms with E-state index >= 15 is 0 Å². The second-order valence-electron chi connectivity index (χ2n) is 5.74. The minimum absolute atomic E-state index is 0.0305. The fraction of sp³-hybridized carbons (Fsp3) is 0.200. The molecule has 1 N–H and O–H groups in total. The molecule has 0 heterocycles. The summed E-state index contributed by atoms with van der Waals surface area (Å²) >= 11 is 0. The zero-order valence-electron chi connectivity index (χ0n) is 14.3. The smallest absolute Gasteiger partial charge is 0.335 e. The Kier molecular flexibility index (Phi) is 5.73. The molecule has 0 saturated heterocycles. The highest BCUT2D eigenvalue weighted by atomic mass is 19.3. The number of rotatable bonds is 6. The van der Waals surface area contributed by atoms with Gasteiger partial charge in [0, 0.05) is 6.42 Å². The largest absolute Gasteiger partial charge is 0.496 e. The monoisotopic (exact) mass is 357 g/mol. The summed E-state index contributed by atoms with van der Waals surface area (Å²) in [4.78, 5) is 11.2. The lowest BCUT2D eigenvalue weighted by atomic mass is 9.95. The second kappa shape index (κ2) is 7.79. The second-order valence-corrected chi connectivity index (χ2v) is 5.74. The van der Waals surface area contributed by atoms with E-state index in [0.717, 1.165) is 11.6 Å². The number of carboxylic acid groups (broad SMARTS) is 1. The van der Waals surface area contributed by atoms with Crippen LogP contribution in [-0.4, -0.2) is 24.1 Å². The normalized spacial score (nSPS) is 11.7. The first-order valence-corrected chi connectivity index (χ1v) is 7.74. The number of allylic oxidation sites excluding steroid dienone is 1. The van der Waals surface area contributed by atoms with E-state index in [2.05, 4.69) is 0 Å². The van der Waals surface area contributed by atoms with Gasteiger partial charge in [0.2, 0.25) is 0 Å². The molecular formula is C20H17F2NO3. The van der Waals surface area contributed by atoms with Crippen LogP contribution in [0.5, 0.6) is 5.75 Å². The van der Waals surface area contributed by atoms with Crippen LogP contribution in [0.2, 0.25) is 0 Å². The number of carboxylic acids is 1. The quantitative estimate of drug-likeness (QED) is 0.774. The molecule has 0 spiro atoms. The van der Waals surface area contributed by atoms with Crippen molar-refractivity contribution in [3.05, 3.63) is 70.3 Å². The summed E-state index contributed by atoms with van der Waals surface area (Å²) in [7, 11) is 1.51. The Morgan fingerprint density at radius 2 is 2.00 bits per heavy atom. The fourth-order valence-corrected chi connectivity index (χ4v) is 2.60. The van der Waals surface area contributed by atoms with E-state index < -0.39 is 23.9 Å². The predicted octanol–water partition coefficient (Wildman–Crippen LogP) is 4.49. The van der Waals surface area contributed by atoms with E-state index in [-0.39, 0.29) is 11.1 Å². The number of aromatic carboxylic acids is 1. The Bertz CT molecular complexity index is 898. The van der Waals surface area contributed by atoms with Crippen molar-refractivity contribution in [1.82, 2.24) is 0 Å². The van der Waals surface area contributed by atoms with Crippen molar-refractivity contribution in [1.29, 1.82) is 5.26 Å². The molecule has 0 radical (unpaired) electrons. The molecule has 0 unspecified atom stereocenters. The van der Waals surface area contributed by atoms with Gasteiger partial charge in [-0.3, -0.25) is 0 Å². The molecule has 0 aliphatic heterocycles. The zero-order chi connectivity index (χ0) is 19.3. The molecule has 4 nitrogen and oxygen atoms in total. The summed E-state index contributed by atoms with van der Waals surface area (Å²) in [6.45, 7) is 1.77. The molecule has 2 aromatic carbocycles. The van der Waals surface area contributed by atoms with Crippen LogP contribution in [0.15, 0.2) is 48.0 Å². The van der Waals surface area contributed by atoms with Crippen LogP contribution in [0, 0.1) is 18.3 Å². The number of nitriles is 1. The highest BCUT2D eigenvalue weighted by molar-refractivity contribution is 5.89. The van der Waals surface area contributed by atoms with Crippen LogP contribution in [0.4, 0.5) is 8.78 Å². The number of halogens is 2. The van der Waals surface area contributed by atoms with Gasteiger partial charge in [-0.1, -0.05) is 24.3 Å². The lowest BCUT2D eigenvalue weighted by Gasteiger charge is -2.17.